The lowest BCUT2D eigenvalue weighted by Gasteiger charge is -2.27. The molecule has 4 nitrogen and oxygen atoms in total. The Labute approximate surface area is 170 Å². The molecule has 4 heteroatoms. The lowest BCUT2D eigenvalue weighted by Crippen LogP contribution is -2.18. The van der Waals surface area contributed by atoms with Gasteiger partial charge in [-0.3, -0.25) is 4.79 Å². The van der Waals surface area contributed by atoms with E-state index < -0.39 is 0 Å². The van der Waals surface area contributed by atoms with Crippen LogP contribution in [0, 0.1) is 6.92 Å². The number of allylic oxidation sites excluding steroid dienone is 2. The van der Waals surface area contributed by atoms with Crippen molar-refractivity contribution in [3.63, 3.8) is 0 Å². The lowest BCUT2D eigenvalue weighted by atomic mass is 9.88. The van der Waals surface area contributed by atoms with Crippen LogP contribution >= 0.6 is 0 Å². The smallest absolute Gasteiger partial charge is 0.185 e. The minimum atomic E-state index is 0.0658. The van der Waals surface area contributed by atoms with Crippen molar-refractivity contribution in [2.75, 3.05) is 5.32 Å². The fourth-order valence-corrected chi connectivity index (χ4v) is 4.40. The highest BCUT2D eigenvalue weighted by atomic mass is 16.1. The number of fused-ring (bicyclic) bond motifs is 2. The molecule has 144 valence electrons. The number of benzene rings is 2. The molecule has 1 N–H and O–H groups in total. The van der Waals surface area contributed by atoms with Gasteiger partial charge in [-0.2, -0.15) is 0 Å². The summed E-state index contributed by atoms with van der Waals surface area (Å²) in [4.78, 5) is 21.5. The van der Waals surface area contributed by atoms with Crippen LogP contribution in [-0.2, 0) is 12.8 Å². The van der Waals surface area contributed by atoms with E-state index in [4.69, 9.17) is 0 Å². The summed E-state index contributed by atoms with van der Waals surface area (Å²) >= 11 is 0. The fourth-order valence-electron chi connectivity index (χ4n) is 4.40. The highest BCUT2D eigenvalue weighted by Crippen LogP contribution is 2.33. The van der Waals surface area contributed by atoms with Gasteiger partial charge in [0.05, 0.1) is 11.7 Å². The average Bonchev–Trinajstić information content (AvgIpc) is 2.74. The number of ketones is 1. The first-order valence-corrected chi connectivity index (χ1v) is 10.2. The molecule has 1 aromatic heterocycles. The van der Waals surface area contributed by atoms with Gasteiger partial charge in [-0.1, -0.05) is 42.5 Å². The SMILES string of the molecule is Cc1nc(N[C@@H]2CCCc3ccccc32)cc(-c2ccc3c(c2)C(=O)C=CC3)n1. The second-order valence-corrected chi connectivity index (χ2v) is 7.82. The topological polar surface area (TPSA) is 54.9 Å². The van der Waals surface area contributed by atoms with Crippen LogP contribution in [0.4, 0.5) is 5.82 Å². The maximum absolute atomic E-state index is 12.3. The summed E-state index contributed by atoms with van der Waals surface area (Å²) in [6.45, 7) is 1.91. The van der Waals surface area contributed by atoms with Gasteiger partial charge in [0, 0.05) is 17.2 Å². The van der Waals surface area contributed by atoms with Crippen LogP contribution < -0.4 is 5.32 Å². The third-order valence-electron chi connectivity index (χ3n) is 5.81. The van der Waals surface area contributed by atoms with Gasteiger partial charge in [0.25, 0.3) is 0 Å². The molecule has 0 bridgehead atoms. The molecule has 2 aliphatic carbocycles. The first kappa shape index (κ1) is 17.8. The summed E-state index contributed by atoms with van der Waals surface area (Å²) in [5.74, 6) is 1.62. The number of carbonyl (C=O) groups excluding carboxylic acids is 1. The van der Waals surface area contributed by atoms with E-state index in [0.717, 1.165) is 53.3 Å². The Bertz CT molecular complexity index is 1130. The van der Waals surface area contributed by atoms with Gasteiger partial charge in [-0.25, -0.2) is 9.97 Å². The Kier molecular flexibility index (Phi) is 4.47. The van der Waals surface area contributed by atoms with Crippen molar-refractivity contribution in [1.82, 2.24) is 9.97 Å². The summed E-state index contributed by atoms with van der Waals surface area (Å²) in [5.41, 5.74) is 6.42. The molecule has 0 aliphatic heterocycles. The number of nitrogens with zero attached hydrogens (tertiary/aromatic N) is 2. The van der Waals surface area contributed by atoms with Crippen molar-refractivity contribution in [1.29, 1.82) is 0 Å². The van der Waals surface area contributed by atoms with E-state index in [1.807, 2.05) is 37.3 Å². The van der Waals surface area contributed by atoms with Crippen molar-refractivity contribution in [2.24, 2.45) is 0 Å². The van der Waals surface area contributed by atoms with Gasteiger partial charge in [0.2, 0.25) is 0 Å². The highest BCUT2D eigenvalue weighted by Gasteiger charge is 2.20. The van der Waals surface area contributed by atoms with Crippen LogP contribution in [-0.4, -0.2) is 15.8 Å². The van der Waals surface area contributed by atoms with Crippen LogP contribution in [0.1, 0.15) is 51.8 Å². The quantitative estimate of drug-likeness (QED) is 0.674. The third-order valence-corrected chi connectivity index (χ3v) is 5.81. The van der Waals surface area contributed by atoms with E-state index in [1.165, 1.54) is 17.5 Å². The van der Waals surface area contributed by atoms with Gasteiger partial charge >= 0.3 is 0 Å². The standard InChI is InChI=1S/C25H23N3O/c1-16-26-23(19-13-12-18-8-5-11-24(29)21(18)14-19)15-25(27-16)28-22-10-4-7-17-6-2-3-9-20(17)22/h2-3,5-6,9,11-15,22H,4,7-8,10H2,1H3,(H,26,27,28)/t22-/m1/s1. The van der Waals surface area contributed by atoms with Gasteiger partial charge in [0.15, 0.2) is 5.78 Å². The lowest BCUT2D eigenvalue weighted by molar-refractivity contribution is 0.104. The zero-order chi connectivity index (χ0) is 19.8. The number of aromatic nitrogens is 2. The zero-order valence-corrected chi connectivity index (χ0v) is 16.5. The van der Waals surface area contributed by atoms with Crippen molar-refractivity contribution >= 4 is 11.6 Å². The molecule has 0 saturated carbocycles. The Morgan fingerprint density at radius 1 is 1.03 bits per heavy atom. The van der Waals surface area contributed by atoms with E-state index in [1.54, 1.807) is 6.08 Å². The maximum atomic E-state index is 12.3. The monoisotopic (exact) mass is 381 g/mol. The first-order valence-electron chi connectivity index (χ1n) is 10.2. The second kappa shape index (κ2) is 7.28. The first-order chi connectivity index (χ1) is 14.2. The molecule has 2 aromatic carbocycles. The van der Waals surface area contributed by atoms with E-state index in [2.05, 4.69) is 39.6 Å². The maximum Gasteiger partial charge on any atom is 0.185 e. The molecule has 3 aromatic rings. The number of hydrogen-bond acceptors (Lipinski definition) is 4. The average molecular weight is 381 g/mol. The van der Waals surface area contributed by atoms with Crippen molar-refractivity contribution in [3.8, 4) is 11.3 Å². The Morgan fingerprint density at radius 3 is 2.86 bits per heavy atom. The van der Waals surface area contributed by atoms with E-state index in [0.29, 0.717) is 0 Å². The minimum Gasteiger partial charge on any atom is -0.363 e. The zero-order valence-electron chi connectivity index (χ0n) is 16.5. The molecule has 1 heterocycles. The number of hydrogen-bond donors (Lipinski definition) is 1. The predicted molar refractivity (Wildman–Crippen MR) is 115 cm³/mol. The molecule has 0 amide bonds. The van der Waals surface area contributed by atoms with Crippen molar-refractivity contribution < 1.29 is 4.79 Å². The summed E-state index contributed by atoms with van der Waals surface area (Å²) < 4.78 is 0. The molecule has 0 unspecified atom stereocenters. The van der Waals surface area contributed by atoms with Crippen LogP contribution in [0.15, 0.2) is 60.7 Å². The molecule has 2 aliphatic rings. The highest BCUT2D eigenvalue weighted by molar-refractivity contribution is 6.07. The Hall–Kier alpha value is -3.27. The fraction of sp³-hybridized carbons (Fsp3) is 0.240. The molecule has 0 radical (unpaired) electrons. The Balaban J connectivity index is 1.48. The van der Waals surface area contributed by atoms with Crippen LogP contribution in [0.5, 0.6) is 0 Å². The third kappa shape index (κ3) is 3.46. The number of rotatable bonds is 3. The summed E-state index contributed by atoms with van der Waals surface area (Å²) in [5, 5.41) is 3.63. The van der Waals surface area contributed by atoms with Crippen molar-refractivity contribution in [2.45, 2.75) is 38.6 Å². The van der Waals surface area contributed by atoms with Crippen molar-refractivity contribution in [3.05, 3.63) is 88.8 Å². The summed E-state index contributed by atoms with van der Waals surface area (Å²) in [7, 11) is 0. The number of nitrogens with one attached hydrogen (secondary N) is 1. The van der Waals surface area contributed by atoms with Gasteiger partial charge < -0.3 is 5.32 Å². The van der Waals surface area contributed by atoms with Crippen LogP contribution in [0.25, 0.3) is 11.3 Å². The predicted octanol–water partition coefficient (Wildman–Crippen LogP) is 5.24. The molecule has 0 spiro atoms. The van der Waals surface area contributed by atoms with E-state index in [9.17, 15) is 4.79 Å². The molecule has 1 atom stereocenters. The van der Waals surface area contributed by atoms with Gasteiger partial charge in [-0.15, -0.1) is 0 Å². The number of carbonyl (C=O) groups is 1. The Morgan fingerprint density at radius 2 is 1.93 bits per heavy atom. The van der Waals surface area contributed by atoms with E-state index >= 15 is 0 Å². The molecule has 0 saturated heterocycles. The largest absolute Gasteiger partial charge is 0.363 e. The number of anilines is 1. The molecule has 5 rings (SSSR count). The molecular weight excluding hydrogens is 358 g/mol. The second-order valence-electron chi connectivity index (χ2n) is 7.82. The minimum absolute atomic E-state index is 0.0658. The number of aryl methyl sites for hydroxylation is 2. The van der Waals surface area contributed by atoms with Gasteiger partial charge in [-0.05, 0) is 61.4 Å². The summed E-state index contributed by atoms with van der Waals surface area (Å²) in [6, 6.07) is 17.0. The molecular formula is C25H23N3O. The molecule has 0 fully saturated rings. The van der Waals surface area contributed by atoms with Gasteiger partial charge in [0.1, 0.15) is 11.6 Å². The normalized spacial score (nSPS) is 17.6. The van der Waals surface area contributed by atoms with Crippen LogP contribution in [0.2, 0.25) is 0 Å². The summed E-state index contributed by atoms with van der Waals surface area (Å²) in [6.07, 6.45) is 7.78. The molecule has 29 heavy (non-hydrogen) atoms. The van der Waals surface area contributed by atoms with E-state index in [-0.39, 0.29) is 11.8 Å². The van der Waals surface area contributed by atoms with Crippen LogP contribution in [0.3, 0.4) is 0 Å².